The Morgan fingerprint density at radius 1 is 1.42 bits per heavy atom. The Morgan fingerprint density at radius 3 is 2.74 bits per heavy atom. The van der Waals surface area contributed by atoms with E-state index in [4.69, 9.17) is 4.74 Å². The topological polar surface area (TPSA) is 59.5 Å². The van der Waals surface area contributed by atoms with Crippen molar-refractivity contribution in [2.24, 2.45) is 0 Å². The van der Waals surface area contributed by atoms with E-state index in [1.165, 1.54) is 4.31 Å². The van der Waals surface area contributed by atoms with E-state index in [2.05, 4.69) is 4.98 Å². The molecule has 6 heteroatoms. The number of ether oxygens (including phenoxy) is 1. The first-order valence-electron chi connectivity index (χ1n) is 6.60. The average Bonchev–Trinajstić information content (AvgIpc) is 2.92. The van der Waals surface area contributed by atoms with Gasteiger partial charge in [0, 0.05) is 32.1 Å². The maximum absolute atomic E-state index is 12.1. The largest absolute Gasteiger partial charge is 0.377 e. The molecule has 2 rings (SSSR count). The van der Waals surface area contributed by atoms with Crippen molar-refractivity contribution in [1.29, 1.82) is 0 Å². The molecule has 5 nitrogen and oxygen atoms in total. The molecule has 106 valence electrons. The van der Waals surface area contributed by atoms with E-state index >= 15 is 0 Å². The lowest BCUT2D eigenvalue weighted by molar-refractivity contribution is 0.0926. The Hall–Kier alpha value is -0.980. The summed E-state index contributed by atoms with van der Waals surface area (Å²) in [5.41, 5.74) is 0.949. The molecule has 1 atom stereocenters. The summed E-state index contributed by atoms with van der Waals surface area (Å²) in [6.07, 6.45) is 5.34. The normalized spacial score (nSPS) is 20.0. The van der Waals surface area contributed by atoms with Crippen molar-refractivity contribution in [3.8, 4) is 0 Å². The van der Waals surface area contributed by atoms with Gasteiger partial charge in [0.15, 0.2) is 0 Å². The van der Waals surface area contributed by atoms with Gasteiger partial charge in [-0.05, 0) is 37.5 Å². The predicted molar refractivity (Wildman–Crippen MR) is 73.1 cm³/mol. The van der Waals surface area contributed by atoms with Crippen LogP contribution in [0.5, 0.6) is 0 Å². The lowest BCUT2D eigenvalue weighted by atomic mass is 10.2. The molecule has 0 spiro atoms. The van der Waals surface area contributed by atoms with Gasteiger partial charge >= 0.3 is 0 Å². The molecule has 1 aliphatic heterocycles. The van der Waals surface area contributed by atoms with Gasteiger partial charge in [0.1, 0.15) is 0 Å². The fourth-order valence-electron chi connectivity index (χ4n) is 2.17. The molecule has 0 N–H and O–H groups in total. The van der Waals surface area contributed by atoms with Gasteiger partial charge in [0.05, 0.1) is 11.9 Å². The highest BCUT2D eigenvalue weighted by Crippen LogP contribution is 2.17. The molecule has 2 heterocycles. The number of hydrogen-bond acceptors (Lipinski definition) is 4. The first kappa shape index (κ1) is 14.4. The van der Waals surface area contributed by atoms with Gasteiger partial charge < -0.3 is 4.74 Å². The molecular weight excluding hydrogens is 264 g/mol. The SMILES string of the molecule is CCS(=O)(=O)N(Cc1ccncc1)CC1CCCO1. The fourth-order valence-corrected chi connectivity index (χ4v) is 3.27. The van der Waals surface area contributed by atoms with Crippen LogP contribution < -0.4 is 0 Å². The molecule has 0 saturated carbocycles. The Labute approximate surface area is 114 Å². The zero-order chi connectivity index (χ0) is 13.7. The van der Waals surface area contributed by atoms with E-state index in [0.29, 0.717) is 13.1 Å². The molecule has 1 aromatic heterocycles. The van der Waals surface area contributed by atoms with E-state index in [1.54, 1.807) is 19.3 Å². The zero-order valence-corrected chi connectivity index (χ0v) is 12.0. The smallest absolute Gasteiger partial charge is 0.214 e. The third kappa shape index (κ3) is 3.99. The summed E-state index contributed by atoms with van der Waals surface area (Å²) < 4.78 is 31.4. The standard InChI is InChI=1S/C13H20N2O3S/c1-2-19(16,17)15(11-13-4-3-9-18-13)10-12-5-7-14-8-6-12/h5-8,13H,2-4,9-11H2,1H3. The molecule has 0 aliphatic carbocycles. The summed E-state index contributed by atoms with van der Waals surface area (Å²) in [6, 6.07) is 3.68. The van der Waals surface area contributed by atoms with Gasteiger partial charge in [-0.2, -0.15) is 4.31 Å². The minimum atomic E-state index is -3.21. The minimum absolute atomic E-state index is 0.0307. The predicted octanol–water partition coefficient (Wildman–Crippen LogP) is 1.41. The van der Waals surface area contributed by atoms with Gasteiger partial charge in [0.25, 0.3) is 0 Å². The highest BCUT2D eigenvalue weighted by atomic mass is 32.2. The molecule has 1 unspecified atom stereocenters. The Morgan fingerprint density at radius 2 is 2.16 bits per heavy atom. The summed E-state index contributed by atoms with van der Waals surface area (Å²) >= 11 is 0. The Balaban J connectivity index is 2.10. The number of pyridine rings is 1. The Kier molecular flexibility index (Phi) is 4.90. The summed E-state index contributed by atoms with van der Waals surface area (Å²) in [5, 5.41) is 0. The van der Waals surface area contributed by atoms with Gasteiger partial charge in [-0.1, -0.05) is 0 Å². The van der Waals surface area contributed by atoms with E-state index < -0.39 is 10.0 Å². The number of aromatic nitrogens is 1. The van der Waals surface area contributed by atoms with Crippen LogP contribution in [-0.4, -0.2) is 42.7 Å². The van der Waals surface area contributed by atoms with E-state index in [9.17, 15) is 8.42 Å². The second-order valence-electron chi connectivity index (χ2n) is 4.68. The molecule has 0 bridgehead atoms. The van der Waals surface area contributed by atoms with Crippen LogP contribution in [-0.2, 0) is 21.3 Å². The molecule has 0 radical (unpaired) electrons. The number of nitrogens with zero attached hydrogens (tertiary/aromatic N) is 2. The van der Waals surface area contributed by atoms with Crippen molar-refractivity contribution in [2.75, 3.05) is 18.9 Å². The molecule has 0 aromatic carbocycles. The van der Waals surface area contributed by atoms with Crippen LogP contribution in [0.1, 0.15) is 25.3 Å². The van der Waals surface area contributed by atoms with Crippen LogP contribution in [0.2, 0.25) is 0 Å². The van der Waals surface area contributed by atoms with Crippen LogP contribution in [0.3, 0.4) is 0 Å². The highest BCUT2D eigenvalue weighted by molar-refractivity contribution is 7.89. The van der Waals surface area contributed by atoms with E-state index in [1.807, 2.05) is 12.1 Å². The van der Waals surface area contributed by atoms with Gasteiger partial charge in [-0.3, -0.25) is 4.98 Å². The summed E-state index contributed by atoms with van der Waals surface area (Å²) in [7, 11) is -3.21. The van der Waals surface area contributed by atoms with Crippen molar-refractivity contribution >= 4 is 10.0 Å². The summed E-state index contributed by atoms with van der Waals surface area (Å²) in [5.74, 6) is 0.116. The highest BCUT2D eigenvalue weighted by Gasteiger charge is 2.26. The van der Waals surface area contributed by atoms with Crippen molar-refractivity contribution in [3.05, 3.63) is 30.1 Å². The zero-order valence-electron chi connectivity index (χ0n) is 11.2. The van der Waals surface area contributed by atoms with Crippen molar-refractivity contribution in [2.45, 2.75) is 32.4 Å². The van der Waals surface area contributed by atoms with Crippen LogP contribution in [0, 0.1) is 0 Å². The van der Waals surface area contributed by atoms with Crippen LogP contribution in [0.25, 0.3) is 0 Å². The monoisotopic (exact) mass is 284 g/mol. The number of hydrogen-bond donors (Lipinski definition) is 0. The fraction of sp³-hybridized carbons (Fsp3) is 0.615. The number of rotatable bonds is 6. The second-order valence-corrected chi connectivity index (χ2v) is 6.94. The maximum atomic E-state index is 12.1. The molecule has 19 heavy (non-hydrogen) atoms. The lowest BCUT2D eigenvalue weighted by Crippen LogP contribution is -2.37. The van der Waals surface area contributed by atoms with Crippen LogP contribution >= 0.6 is 0 Å². The maximum Gasteiger partial charge on any atom is 0.214 e. The lowest BCUT2D eigenvalue weighted by Gasteiger charge is -2.24. The van der Waals surface area contributed by atoms with Gasteiger partial charge in [0.2, 0.25) is 10.0 Å². The van der Waals surface area contributed by atoms with Gasteiger partial charge in [-0.25, -0.2) is 8.42 Å². The third-order valence-corrected chi connectivity index (χ3v) is 5.09. The van der Waals surface area contributed by atoms with E-state index in [-0.39, 0.29) is 11.9 Å². The van der Waals surface area contributed by atoms with Gasteiger partial charge in [-0.15, -0.1) is 0 Å². The first-order chi connectivity index (χ1) is 9.12. The average molecular weight is 284 g/mol. The summed E-state index contributed by atoms with van der Waals surface area (Å²) in [6.45, 7) is 3.24. The quantitative estimate of drug-likeness (QED) is 0.792. The molecule has 0 amide bonds. The van der Waals surface area contributed by atoms with Crippen molar-refractivity contribution < 1.29 is 13.2 Å². The number of sulfonamides is 1. The van der Waals surface area contributed by atoms with Crippen LogP contribution in [0.4, 0.5) is 0 Å². The minimum Gasteiger partial charge on any atom is -0.377 e. The molecule has 1 aliphatic rings. The summed E-state index contributed by atoms with van der Waals surface area (Å²) in [4.78, 5) is 3.95. The van der Waals surface area contributed by atoms with Crippen molar-refractivity contribution in [1.82, 2.24) is 9.29 Å². The molecule has 1 saturated heterocycles. The Bertz CT molecular complexity index is 484. The molecular formula is C13H20N2O3S. The van der Waals surface area contributed by atoms with Crippen molar-refractivity contribution in [3.63, 3.8) is 0 Å². The molecule has 1 fully saturated rings. The first-order valence-corrected chi connectivity index (χ1v) is 8.21. The molecule has 1 aromatic rings. The third-order valence-electron chi connectivity index (χ3n) is 3.30. The second kappa shape index (κ2) is 6.45. The van der Waals surface area contributed by atoms with E-state index in [0.717, 1.165) is 25.0 Å². The van der Waals surface area contributed by atoms with Crippen LogP contribution in [0.15, 0.2) is 24.5 Å².